The van der Waals surface area contributed by atoms with Gasteiger partial charge in [0.15, 0.2) is 0 Å². The van der Waals surface area contributed by atoms with Crippen LogP contribution in [0.2, 0.25) is 0 Å². The summed E-state index contributed by atoms with van der Waals surface area (Å²) < 4.78 is 0. The van der Waals surface area contributed by atoms with Crippen molar-refractivity contribution in [3.05, 3.63) is 0 Å². The molecule has 1 aliphatic carbocycles. The second-order valence-corrected chi connectivity index (χ2v) is 6.07. The smallest absolute Gasteiger partial charge is 0.242 e. The van der Waals surface area contributed by atoms with E-state index in [1.165, 1.54) is 38.9 Å². The van der Waals surface area contributed by atoms with Gasteiger partial charge < -0.3 is 15.5 Å². The molecule has 1 amide bonds. The zero-order valence-electron chi connectivity index (χ0n) is 10.5. The van der Waals surface area contributed by atoms with Gasteiger partial charge in [0.25, 0.3) is 0 Å². The summed E-state index contributed by atoms with van der Waals surface area (Å²) in [6.07, 6.45) is 5.64. The fraction of sp³-hybridized carbons (Fsp3) is 0.923. The zero-order chi connectivity index (χ0) is 11.9. The number of carbonyl (C=O) groups is 1. The standard InChI is InChI=1S/C13H23N3O/c14-13(4-5-13)12(17)16-8-3-11(10-16)9-15-6-1-2-7-15/h11H,1-10,14H2. The highest BCUT2D eigenvalue weighted by molar-refractivity contribution is 5.89. The molecule has 1 saturated carbocycles. The van der Waals surface area contributed by atoms with E-state index in [1.54, 1.807) is 0 Å². The second-order valence-electron chi connectivity index (χ2n) is 6.07. The second kappa shape index (κ2) is 4.25. The monoisotopic (exact) mass is 237 g/mol. The molecule has 1 atom stereocenters. The molecule has 2 aliphatic heterocycles. The molecule has 3 rings (SSSR count). The van der Waals surface area contributed by atoms with Gasteiger partial charge in [0.05, 0.1) is 5.54 Å². The first kappa shape index (κ1) is 11.5. The molecule has 17 heavy (non-hydrogen) atoms. The molecule has 96 valence electrons. The van der Waals surface area contributed by atoms with Crippen molar-refractivity contribution in [2.75, 3.05) is 32.7 Å². The minimum Gasteiger partial charge on any atom is -0.341 e. The van der Waals surface area contributed by atoms with Crippen LogP contribution in [0.4, 0.5) is 0 Å². The summed E-state index contributed by atoms with van der Waals surface area (Å²) in [4.78, 5) is 16.7. The number of nitrogens with zero attached hydrogens (tertiary/aromatic N) is 2. The Bertz CT molecular complexity index is 308. The van der Waals surface area contributed by atoms with Crippen molar-refractivity contribution in [1.29, 1.82) is 0 Å². The van der Waals surface area contributed by atoms with Crippen LogP contribution in [0.1, 0.15) is 32.1 Å². The largest absolute Gasteiger partial charge is 0.341 e. The third kappa shape index (κ3) is 2.33. The minimum absolute atomic E-state index is 0.210. The molecule has 0 radical (unpaired) electrons. The van der Waals surface area contributed by atoms with Crippen LogP contribution < -0.4 is 5.73 Å². The Kier molecular flexibility index (Phi) is 2.87. The first-order chi connectivity index (χ1) is 8.17. The van der Waals surface area contributed by atoms with Gasteiger partial charge >= 0.3 is 0 Å². The van der Waals surface area contributed by atoms with Crippen molar-refractivity contribution >= 4 is 5.91 Å². The number of hydrogen-bond donors (Lipinski definition) is 1. The van der Waals surface area contributed by atoms with Gasteiger partial charge in [-0.25, -0.2) is 0 Å². The Morgan fingerprint density at radius 2 is 1.94 bits per heavy atom. The number of likely N-dealkylation sites (tertiary alicyclic amines) is 2. The van der Waals surface area contributed by atoms with Crippen LogP contribution in [0.3, 0.4) is 0 Å². The number of carbonyl (C=O) groups excluding carboxylic acids is 1. The van der Waals surface area contributed by atoms with Gasteiger partial charge in [-0.3, -0.25) is 4.79 Å². The van der Waals surface area contributed by atoms with Crippen LogP contribution >= 0.6 is 0 Å². The lowest BCUT2D eigenvalue weighted by Crippen LogP contribution is -2.45. The minimum atomic E-state index is -0.470. The van der Waals surface area contributed by atoms with E-state index in [9.17, 15) is 4.79 Å². The van der Waals surface area contributed by atoms with Gasteiger partial charge in [-0.05, 0) is 51.1 Å². The first-order valence-corrected chi connectivity index (χ1v) is 6.98. The highest BCUT2D eigenvalue weighted by atomic mass is 16.2. The number of hydrogen-bond acceptors (Lipinski definition) is 3. The molecule has 4 nitrogen and oxygen atoms in total. The lowest BCUT2D eigenvalue weighted by atomic mass is 10.1. The van der Waals surface area contributed by atoms with Crippen LogP contribution in [-0.4, -0.2) is 54.0 Å². The molecule has 4 heteroatoms. The topological polar surface area (TPSA) is 49.6 Å². The fourth-order valence-electron chi connectivity index (χ4n) is 3.16. The van der Waals surface area contributed by atoms with E-state index in [0.29, 0.717) is 5.92 Å². The molecule has 0 aromatic carbocycles. The van der Waals surface area contributed by atoms with Crippen molar-refractivity contribution in [1.82, 2.24) is 9.80 Å². The Morgan fingerprint density at radius 3 is 2.59 bits per heavy atom. The molecule has 1 unspecified atom stereocenters. The number of rotatable bonds is 3. The number of nitrogens with two attached hydrogens (primary N) is 1. The Labute approximate surface area is 103 Å². The average molecular weight is 237 g/mol. The summed E-state index contributed by atoms with van der Waals surface area (Å²) in [6.45, 7) is 5.56. The molecular formula is C13H23N3O. The maximum atomic E-state index is 12.1. The van der Waals surface area contributed by atoms with Gasteiger partial charge in [-0.2, -0.15) is 0 Å². The Balaban J connectivity index is 1.49. The molecule has 2 N–H and O–H groups in total. The van der Waals surface area contributed by atoms with Crippen LogP contribution in [0.15, 0.2) is 0 Å². The summed E-state index contributed by atoms with van der Waals surface area (Å²) in [5, 5.41) is 0. The van der Waals surface area contributed by atoms with Crippen LogP contribution in [0.5, 0.6) is 0 Å². The Hall–Kier alpha value is -0.610. The lowest BCUT2D eigenvalue weighted by Gasteiger charge is -2.22. The van der Waals surface area contributed by atoms with Crippen LogP contribution in [0.25, 0.3) is 0 Å². The molecule has 0 bridgehead atoms. The number of amides is 1. The van der Waals surface area contributed by atoms with Crippen LogP contribution in [0, 0.1) is 5.92 Å². The van der Waals surface area contributed by atoms with E-state index in [0.717, 1.165) is 25.9 Å². The maximum Gasteiger partial charge on any atom is 0.242 e. The van der Waals surface area contributed by atoms with E-state index in [-0.39, 0.29) is 5.91 Å². The van der Waals surface area contributed by atoms with Gasteiger partial charge in [-0.1, -0.05) is 0 Å². The highest BCUT2D eigenvalue weighted by Gasteiger charge is 2.49. The summed E-state index contributed by atoms with van der Waals surface area (Å²) in [5.74, 6) is 0.890. The van der Waals surface area contributed by atoms with Gasteiger partial charge in [0.2, 0.25) is 5.91 Å². The van der Waals surface area contributed by atoms with E-state index < -0.39 is 5.54 Å². The summed E-state index contributed by atoms with van der Waals surface area (Å²) in [6, 6.07) is 0. The van der Waals surface area contributed by atoms with Gasteiger partial charge in [-0.15, -0.1) is 0 Å². The molecule has 0 aromatic rings. The summed E-state index contributed by atoms with van der Waals surface area (Å²) >= 11 is 0. The predicted octanol–water partition coefficient (Wildman–Crippen LogP) is 0.422. The molecule has 3 aliphatic rings. The van der Waals surface area contributed by atoms with E-state index in [4.69, 9.17) is 5.73 Å². The molecule has 3 fully saturated rings. The summed E-state index contributed by atoms with van der Waals surface area (Å²) in [7, 11) is 0. The molecule has 2 heterocycles. The van der Waals surface area contributed by atoms with E-state index in [1.807, 2.05) is 4.90 Å². The first-order valence-electron chi connectivity index (χ1n) is 6.98. The van der Waals surface area contributed by atoms with Crippen molar-refractivity contribution < 1.29 is 4.79 Å². The quantitative estimate of drug-likeness (QED) is 0.774. The highest BCUT2D eigenvalue weighted by Crippen LogP contribution is 2.35. The van der Waals surface area contributed by atoms with Crippen molar-refractivity contribution in [3.63, 3.8) is 0 Å². The van der Waals surface area contributed by atoms with Crippen molar-refractivity contribution in [3.8, 4) is 0 Å². The average Bonchev–Trinajstić information content (AvgIpc) is 2.77. The fourth-order valence-corrected chi connectivity index (χ4v) is 3.16. The van der Waals surface area contributed by atoms with Crippen molar-refractivity contribution in [2.45, 2.75) is 37.6 Å². The molecule has 2 saturated heterocycles. The molecule has 0 spiro atoms. The van der Waals surface area contributed by atoms with Gasteiger partial charge in [0.1, 0.15) is 0 Å². The predicted molar refractivity (Wildman–Crippen MR) is 66.5 cm³/mol. The third-order valence-electron chi connectivity index (χ3n) is 4.50. The zero-order valence-corrected chi connectivity index (χ0v) is 10.5. The molecule has 0 aromatic heterocycles. The normalized spacial score (nSPS) is 32.1. The Morgan fingerprint density at radius 1 is 1.24 bits per heavy atom. The lowest BCUT2D eigenvalue weighted by molar-refractivity contribution is -0.132. The third-order valence-corrected chi connectivity index (χ3v) is 4.50. The van der Waals surface area contributed by atoms with Gasteiger partial charge in [0, 0.05) is 19.6 Å². The summed E-state index contributed by atoms with van der Waals surface area (Å²) in [5.41, 5.74) is 5.51. The SMILES string of the molecule is NC1(C(=O)N2CCC(CN3CCCC3)C2)CC1. The maximum absolute atomic E-state index is 12.1. The molecular weight excluding hydrogens is 214 g/mol. The van der Waals surface area contributed by atoms with E-state index >= 15 is 0 Å². The van der Waals surface area contributed by atoms with Crippen molar-refractivity contribution in [2.24, 2.45) is 11.7 Å². The van der Waals surface area contributed by atoms with E-state index in [2.05, 4.69) is 4.90 Å². The van der Waals surface area contributed by atoms with Crippen LogP contribution in [-0.2, 0) is 4.79 Å².